The lowest BCUT2D eigenvalue weighted by atomic mass is 10.2. The van der Waals surface area contributed by atoms with Crippen molar-refractivity contribution >= 4 is 23.3 Å². The van der Waals surface area contributed by atoms with Crippen LogP contribution >= 0.6 is 12.2 Å². The van der Waals surface area contributed by atoms with E-state index < -0.39 is 0 Å². The van der Waals surface area contributed by atoms with Crippen LogP contribution in [0.4, 0.5) is 0 Å². The second-order valence-corrected chi connectivity index (χ2v) is 2.28. The monoisotopic (exact) mass is 204 g/mol. The Labute approximate surface area is 87.7 Å². The Hall–Kier alpha value is -1.82. The highest BCUT2D eigenvalue weighted by molar-refractivity contribution is 7.78. The molecule has 0 aliphatic rings. The number of hydrogen-bond acceptors (Lipinski definition) is 3. The maximum atomic E-state index is 10.9. The van der Waals surface area contributed by atoms with Crippen molar-refractivity contribution in [3.05, 3.63) is 35.9 Å². The number of aliphatic imine (C=N–C) groups is 1. The van der Waals surface area contributed by atoms with Crippen LogP contribution in [0.25, 0.3) is 0 Å². The molecule has 0 aromatic heterocycles. The first kappa shape index (κ1) is 12.2. The molecule has 1 rings (SSSR count). The average Bonchev–Trinajstić information content (AvgIpc) is 2.21. The summed E-state index contributed by atoms with van der Waals surface area (Å²) >= 11 is 4.29. The van der Waals surface area contributed by atoms with E-state index in [1.54, 1.807) is 30.3 Å². The molecular formula is C10H8N2OS. The molecular weight excluding hydrogens is 196 g/mol. The zero-order valence-corrected chi connectivity index (χ0v) is 8.41. The van der Waals surface area contributed by atoms with Gasteiger partial charge < -0.3 is 0 Å². The number of isothiocyanates is 1. The van der Waals surface area contributed by atoms with Gasteiger partial charge in [-0.05, 0) is 24.4 Å². The fraction of sp³-hybridized carbons (Fsp3) is 0.100. The Bertz CT molecular complexity index is 375. The lowest BCUT2D eigenvalue weighted by molar-refractivity contribution is 0.100. The molecule has 0 saturated carbocycles. The Morgan fingerprint density at radius 2 is 1.93 bits per heavy atom. The van der Waals surface area contributed by atoms with Gasteiger partial charge in [0.25, 0.3) is 5.91 Å². The largest absolute Gasteiger partial charge is 0.285 e. The highest BCUT2D eigenvalue weighted by Crippen LogP contribution is 1.99. The number of rotatable bonds is 1. The van der Waals surface area contributed by atoms with Crippen LogP contribution in [0.5, 0.6) is 0 Å². The van der Waals surface area contributed by atoms with Gasteiger partial charge in [-0.15, -0.1) is 0 Å². The molecule has 0 atom stereocenters. The van der Waals surface area contributed by atoms with E-state index in [0.717, 1.165) is 0 Å². The first-order chi connectivity index (χ1) is 6.76. The van der Waals surface area contributed by atoms with E-state index in [-0.39, 0.29) is 5.91 Å². The molecule has 0 fully saturated rings. The third-order valence-corrected chi connectivity index (χ3v) is 1.26. The number of amides is 1. The van der Waals surface area contributed by atoms with Gasteiger partial charge in [-0.1, -0.05) is 18.2 Å². The highest BCUT2D eigenvalue weighted by atomic mass is 32.1. The van der Waals surface area contributed by atoms with Gasteiger partial charge in [-0.3, -0.25) is 4.79 Å². The van der Waals surface area contributed by atoms with Crippen LogP contribution in [0.3, 0.4) is 0 Å². The lowest BCUT2D eigenvalue weighted by Crippen LogP contribution is -1.91. The molecule has 3 nitrogen and oxygen atoms in total. The SMILES string of the molecule is CC#N.O=C(N=C=S)c1ccccc1. The van der Waals surface area contributed by atoms with Crippen LogP contribution < -0.4 is 0 Å². The highest BCUT2D eigenvalue weighted by Gasteiger charge is 1.99. The normalized spacial score (nSPS) is 7.14. The van der Waals surface area contributed by atoms with Crippen molar-refractivity contribution in [2.24, 2.45) is 4.99 Å². The van der Waals surface area contributed by atoms with Crippen molar-refractivity contribution in [2.75, 3.05) is 0 Å². The van der Waals surface area contributed by atoms with Gasteiger partial charge in [0.15, 0.2) is 0 Å². The van der Waals surface area contributed by atoms with Gasteiger partial charge >= 0.3 is 0 Å². The molecule has 1 aromatic rings. The lowest BCUT2D eigenvalue weighted by Gasteiger charge is -1.89. The van der Waals surface area contributed by atoms with Gasteiger partial charge in [0.1, 0.15) is 0 Å². The Morgan fingerprint density at radius 3 is 2.36 bits per heavy atom. The van der Waals surface area contributed by atoms with Gasteiger partial charge in [0.05, 0.1) is 11.2 Å². The fourth-order valence-corrected chi connectivity index (χ4v) is 0.770. The summed E-state index contributed by atoms with van der Waals surface area (Å²) in [6, 6.07) is 10.5. The molecule has 1 amide bonds. The number of carbonyl (C=O) groups excluding carboxylic acids is 1. The van der Waals surface area contributed by atoms with E-state index in [1.165, 1.54) is 6.92 Å². The van der Waals surface area contributed by atoms with Crippen LogP contribution in [0, 0.1) is 11.3 Å². The molecule has 0 heterocycles. The van der Waals surface area contributed by atoms with E-state index in [4.69, 9.17) is 5.26 Å². The van der Waals surface area contributed by atoms with Crippen molar-refractivity contribution in [2.45, 2.75) is 6.92 Å². The molecule has 0 radical (unpaired) electrons. The summed E-state index contributed by atoms with van der Waals surface area (Å²) in [5, 5.41) is 9.34. The zero-order valence-electron chi connectivity index (χ0n) is 7.60. The quantitative estimate of drug-likeness (QED) is 0.521. The second kappa shape index (κ2) is 7.81. The van der Waals surface area contributed by atoms with Crippen molar-refractivity contribution < 1.29 is 4.79 Å². The Morgan fingerprint density at radius 1 is 1.43 bits per heavy atom. The summed E-state index contributed by atoms with van der Waals surface area (Å²) in [6.07, 6.45) is 0. The van der Waals surface area contributed by atoms with Gasteiger partial charge in [0.2, 0.25) is 0 Å². The van der Waals surface area contributed by atoms with E-state index in [1.807, 2.05) is 11.2 Å². The molecule has 0 aliphatic heterocycles. The third kappa shape index (κ3) is 4.94. The molecule has 0 aliphatic carbocycles. The zero-order chi connectivity index (χ0) is 10.8. The van der Waals surface area contributed by atoms with Crippen molar-refractivity contribution in [1.82, 2.24) is 0 Å². The Balaban J connectivity index is 0.000000500. The summed E-state index contributed by atoms with van der Waals surface area (Å²) in [4.78, 5) is 14.3. The minimum atomic E-state index is -0.347. The number of thiocarbonyl (C=S) groups is 1. The minimum Gasteiger partial charge on any atom is -0.266 e. The molecule has 0 bridgehead atoms. The molecule has 0 saturated heterocycles. The number of nitrogens with zero attached hydrogens (tertiary/aromatic N) is 2. The predicted octanol–water partition coefficient (Wildman–Crippen LogP) is 2.46. The molecule has 14 heavy (non-hydrogen) atoms. The summed E-state index contributed by atoms with van der Waals surface area (Å²) in [5.74, 6) is -0.347. The Kier molecular flexibility index (Phi) is 6.79. The van der Waals surface area contributed by atoms with E-state index in [9.17, 15) is 4.79 Å². The van der Waals surface area contributed by atoms with Crippen LogP contribution in [0.1, 0.15) is 17.3 Å². The summed E-state index contributed by atoms with van der Waals surface area (Å²) in [7, 11) is 0. The van der Waals surface area contributed by atoms with Crippen LogP contribution in [0.2, 0.25) is 0 Å². The smallest absolute Gasteiger partial charge is 0.266 e. The first-order valence-corrected chi connectivity index (χ1v) is 4.15. The molecule has 0 spiro atoms. The second-order valence-electron chi connectivity index (χ2n) is 2.10. The number of nitriles is 1. The topological polar surface area (TPSA) is 53.2 Å². The predicted molar refractivity (Wildman–Crippen MR) is 57.1 cm³/mol. The number of carbonyl (C=O) groups is 1. The van der Waals surface area contributed by atoms with E-state index >= 15 is 0 Å². The number of benzene rings is 1. The van der Waals surface area contributed by atoms with Crippen LogP contribution in [-0.2, 0) is 0 Å². The molecule has 0 N–H and O–H groups in total. The maximum absolute atomic E-state index is 10.9. The minimum absolute atomic E-state index is 0.347. The van der Waals surface area contributed by atoms with E-state index in [0.29, 0.717) is 5.56 Å². The molecule has 70 valence electrons. The summed E-state index contributed by atoms with van der Waals surface area (Å²) < 4.78 is 0. The summed E-state index contributed by atoms with van der Waals surface area (Å²) in [5.41, 5.74) is 0.532. The average molecular weight is 204 g/mol. The van der Waals surface area contributed by atoms with Crippen molar-refractivity contribution in [1.29, 1.82) is 5.26 Å². The molecule has 4 heteroatoms. The fourth-order valence-electron chi connectivity index (χ4n) is 0.687. The summed E-state index contributed by atoms with van der Waals surface area (Å²) in [6.45, 7) is 1.43. The van der Waals surface area contributed by atoms with Gasteiger partial charge in [0, 0.05) is 12.5 Å². The van der Waals surface area contributed by atoms with Gasteiger partial charge in [-0.25, -0.2) is 0 Å². The van der Waals surface area contributed by atoms with Crippen LogP contribution in [-0.4, -0.2) is 11.1 Å². The number of hydrogen-bond donors (Lipinski definition) is 0. The van der Waals surface area contributed by atoms with Crippen molar-refractivity contribution in [3.8, 4) is 6.07 Å². The maximum Gasteiger partial charge on any atom is 0.285 e. The molecule has 1 aromatic carbocycles. The van der Waals surface area contributed by atoms with Crippen LogP contribution in [0.15, 0.2) is 35.3 Å². The standard InChI is InChI=1S/C8H5NOS.C2H3N/c10-8(9-6-11)7-4-2-1-3-5-7;1-2-3/h1-5H;1H3. The first-order valence-electron chi connectivity index (χ1n) is 3.74. The van der Waals surface area contributed by atoms with Crippen molar-refractivity contribution in [3.63, 3.8) is 0 Å². The van der Waals surface area contributed by atoms with Gasteiger partial charge in [-0.2, -0.15) is 10.3 Å². The molecule has 0 unspecified atom stereocenters. The van der Waals surface area contributed by atoms with E-state index in [2.05, 4.69) is 17.2 Å². The third-order valence-electron chi connectivity index (χ3n) is 1.17.